The molecule has 2 atom stereocenters. The Kier molecular flexibility index (Phi) is 3.98. The third kappa shape index (κ3) is 2.19. The fraction of sp³-hybridized carbons (Fsp3) is 1.00. The number of hydrogen-bond donors (Lipinski definition) is 1. The summed E-state index contributed by atoms with van der Waals surface area (Å²) >= 11 is 0. The number of aliphatic hydroxyl groups is 1. The Bertz CT molecular complexity index is 130. The number of hydrogen-bond acceptors (Lipinski definition) is 3. The number of ether oxygens (including phenoxy) is 1. The topological polar surface area (TPSA) is 32.7 Å². The molecule has 0 aliphatic carbocycles. The van der Waals surface area contributed by atoms with E-state index < -0.39 is 0 Å². The minimum absolute atomic E-state index is 0.213. The Morgan fingerprint density at radius 3 is 3.00 bits per heavy atom. The van der Waals surface area contributed by atoms with Gasteiger partial charge in [0.2, 0.25) is 0 Å². The molecule has 0 aromatic heterocycles. The molecule has 1 heterocycles. The summed E-state index contributed by atoms with van der Waals surface area (Å²) in [5.41, 5.74) is 0. The van der Waals surface area contributed by atoms with Gasteiger partial charge in [-0.25, -0.2) is 0 Å². The zero-order valence-corrected chi connectivity index (χ0v) is 7.99. The summed E-state index contributed by atoms with van der Waals surface area (Å²) in [5.74, 6) is 0. The second kappa shape index (κ2) is 4.80. The molecule has 0 spiro atoms. The minimum Gasteiger partial charge on any atom is -0.395 e. The maximum absolute atomic E-state index is 9.08. The van der Waals surface area contributed by atoms with Gasteiger partial charge in [0, 0.05) is 12.6 Å². The molecule has 3 heteroatoms. The quantitative estimate of drug-likeness (QED) is 0.673. The highest BCUT2D eigenvalue weighted by Gasteiger charge is 2.25. The molecule has 0 radical (unpaired) electrons. The average molecular weight is 173 g/mol. The van der Waals surface area contributed by atoms with E-state index in [1.165, 1.54) is 0 Å². The molecule has 0 aromatic rings. The maximum atomic E-state index is 9.08. The molecule has 0 saturated carbocycles. The van der Waals surface area contributed by atoms with Crippen LogP contribution in [0.2, 0.25) is 0 Å². The van der Waals surface area contributed by atoms with Crippen LogP contribution in [0.5, 0.6) is 0 Å². The number of aliphatic hydroxyl groups excluding tert-OH is 1. The molecular weight excluding hydrogens is 154 g/mol. The first kappa shape index (κ1) is 9.96. The molecule has 3 nitrogen and oxygen atoms in total. The summed E-state index contributed by atoms with van der Waals surface area (Å²) in [5, 5.41) is 9.08. The number of morpholine rings is 1. The smallest absolute Gasteiger partial charge is 0.0644 e. The van der Waals surface area contributed by atoms with E-state index in [1.807, 2.05) is 0 Å². The van der Waals surface area contributed by atoms with Gasteiger partial charge in [0.15, 0.2) is 0 Å². The van der Waals surface area contributed by atoms with Gasteiger partial charge in [-0.15, -0.1) is 0 Å². The molecule has 1 N–H and O–H groups in total. The van der Waals surface area contributed by atoms with Gasteiger partial charge in [0.25, 0.3) is 0 Å². The molecule has 0 amide bonds. The van der Waals surface area contributed by atoms with Crippen LogP contribution in [0.3, 0.4) is 0 Å². The van der Waals surface area contributed by atoms with Crippen LogP contribution in [0.15, 0.2) is 0 Å². The zero-order chi connectivity index (χ0) is 8.97. The van der Waals surface area contributed by atoms with Crippen molar-refractivity contribution in [3.05, 3.63) is 0 Å². The summed E-state index contributed by atoms with van der Waals surface area (Å²) in [7, 11) is 0. The second-order valence-corrected chi connectivity index (χ2v) is 3.41. The van der Waals surface area contributed by atoms with Gasteiger partial charge >= 0.3 is 0 Å². The van der Waals surface area contributed by atoms with Gasteiger partial charge in [-0.3, -0.25) is 4.90 Å². The van der Waals surface area contributed by atoms with Crippen molar-refractivity contribution in [1.29, 1.82) is 0 Å². The third-order valence-electron chi connectivity index (χ3n) is 2.64. The van der Waals surface area contributed by atoms with E-state index in [1.54, 1.807) is 0 Å². The Balaban J connectivity index is 2.46. The Morgan fingerprint density at radius 2 is 2.42 bits per heavy atom. The van der Waals surface area contributed by atoms with Crippen LogP contribution < -0.4 is 0 Å². The molecule has 72 valence electrons. The largest absolute Gasteiger partial charge is 0.395 e. The average Bonchev–Trinajstić information content (AvgIpc) is 2.16. The number of rotatable bonds is 3. The fourth-order valence-electron chi connectivity index (χ4n) is 1.64. The predicted octanol–water partition coefficient (Wildman–Crippen LogP) is 0.478. The molecule has 1 fully saturated rings. The van der Waals surface area contributed by atoms with E-state index in [-0.39, 0.29) is 12.6 Å². The van der Waals surface area contributed by atoms with Crippen molar-refractivity contribution in [3.8, 4) is 0 Å². The monoisotopic (exact) mass is 173 g/mol. The third-order valence-corrected chi connectivity index (χ3v) is 2.64. The van der Waals surface area contributed by atoms with Crippen molar-refractivity contribution in [2.75, 3.05) is 26.4 Å². The first-order chi connectivity index (χ1) is 5.79. The van der Waals surface area contributed by atoms with Gasteiger partial charge in [0.05, 0.1) is 25.9 Å². The minimum atomic E-state index is 0.213. The lowest BCUT2D eigenvalue weighted by Gasteiger charge is -2.38. The summed E-state index contributed by atoms with van der Waals surface area (Å²) in [6.07, 6.45) is 1.14. The molecule has 1 rings (SSSR count). The first-order valence-corrected chi connectivity index (χ1v) is 4.74. The van der Waals surface area contributed by atoms with Gasteiger partial charge in [0.1, 0.15) is 0 Å². The van der Waals surface area contributed by atoms with E-state index >= 15 is 0 Å². The Hall–Kier alpha value is -0.120. The van der Waals surface area contributed by atoms with Gasteiger partial charge in [-0.2, -0.15) is 0 Å². The van der Waals surface area contributed by atoms with Crippen LogP contribution in [0.25, 0.3) is 0 Å². The predicted molar refractivity (Wildman–Crippen MR) is 48.2 cm³/mol. The van der Waals surface area contributed by atoms with Crippen molar-refractivity contribution < 1.29 is 9.84 Å². The lowest BCUT2D eigenvalue weighted by molar-refractivity contribution is -0.0445. The molecule has 1 aliphatic rings. The van der Waals surface area contributed by atoms with Crippen LogP contribution in [-0.4, -0.2) is 48.5 Å². The highest BCUT2D eigenvalue weighted by Crippen LogP contribution is 2.12. The van der Waals surface area contributed by atoms with Crippen LogP contribution >= 0.6 is 0 Å². The highest BCUT2D eigenvalue weighted by atomic mass is 16.5. The van der Waals surface area contributed by atoms with E-state index in [0.717, 1.165) is 19.6 Å². The molecule has 0 bridgehead atoms. The van der Waals surface area contributed by atoms with Gasteiger partial charge in [-0.05, 0) is 13.3 Å². The van der Waals surface area contributed by atoms with Crippen molar-refractivity contribution in [1.82, 2.24) is 4.90 Å². The van der Waals surface area contributed by atoms with E-state index in [2.05, 4.69) is 18.7 Å². The van der Waals surface area contributed by atoms with E-state index in [4.69, 9.17) is 9.84 Å². The van der Waals surface area contributed by atoms with E-state index in [0.29, 0.717) is 12.6 Å². The molecule has 1 aliphatic heterocycles. The summed E-state index contributed by atoms with van der Waals surface area (Å²) < 4.78 is 5.30. The summed E-state index contributed by atoms with van der Waals surface area (Å²) in [6.45, 7) is 7.04. The first-order valence-electron chi connectivity index (χ1n) is 4.74. The van der Waals surface area contributed by atoms with Crippen molar-refractivity contribution in [3.63, 3.8) is 0 Å². The molecule has 0 aromatic carbocycles. The SMILES string of the molecule is CCC(C)N1CCOCC1CO. The van der Waals surface area contributed by atoms with Gasteiger partial charge in [-0.1, -0.05) is 6.92 Å². The van der Waals surface area contributed by atoms with Crippen LogP contribution in [0.1, 0.15) is 20.3 Å². The van der Waals surface area contributed by atoms with Crippen LogP contribution in [-0.2, 0) is 4.74 Å². The zero-order valence-electron chi connectivity index (χ0n) is 7.99. The van der Waals surface area contributed by atoms with Gasteiger partial charge < -0.3 is 9.84 Å². The number of nitrogens with zero attached hydrogens (tertiary/aromatic N) is 1. The van der Waals surface area contributed by atoms with Crippen molar-refractivity contribution in [2.45, 2.75) is 32.4 Å². The normalized spacial score (nSPS) is 28.8. The fourth-order valence-corrected chi connectivity index (χ4v) is 1.64. The Morgan fingerprint density at radius 1 is 1.67 bits per heavy atom. The second-order valence-electron chi connectivity index (χ2n) is 3.41. The highest BCUT2D eigenvalue weighted by molar-refractivity contribution is 4.78. The molecule has 2 unspecified atom stereocenters. The van der Waals surface area contributed by atoms with Crippen LogP contribution in [0, 0.1) is 0 Å². The van der Waals surface area contributed by atoms with Crippen molar-refractivity contribution in [2.24, 2.45) is 0 Å². The summed E-state index contributed by atoms with van der Waals surface area (Å²) in [6, 6.07) is 0.778. The summed E-state index contributed by atoms with van der Waals surface area (Å²) in [4.78, 5) is 2.34. The standard InChI is InChI=1S/C9H19NO2/c1-3-8(2)10-4-5-12-7-9(10)6-11/h8-9,11H,3-7H2,1-2H3. The van der Waals surface area contributed by atoms with Crippen LogP contribution in [0.4, 0.5) is 0 Å². The van der Waals surface area contributed by atoms with E-state index in [9.17, 15) is 0 Å². The molecule has 1 saturated heterocycles. The Labute approximate surface area is 74.3 Å². The molecular formula is C9H19NO2. The van der Waals surface area contributed by atoms with Crippen molar-refractivity contribution >= 4 is 0 Å². The lowest BCUT2D eigenvalue weighted by atomic mass is 10.1. The molecule has 12 heavy (non-hydrogen) atoms. The maximum Gasteiger partial charge on any atom is 0.0644 e. The lowest BCUT2D eigenvalue weighted by Crippen LogP contribution is -2.51.